The van der Waals surface area contributed by atoms with Crippen molar-refractivity contribution < 1.29 is 0 Å². The average Bonchev–Trinajstić information content (AvgIpc) is 3.77. The number of rotatable bonds is 2. The second-order valence-electron chi connectivity index (χ2n) is 9.48. The maximum atomic E-state index is 4.87. The maximum absolute atomic E-state index is 4.87. The van der Waals surface area contributed by atoms with Gasteiger partial charge in [0.15, 0.2) is 0 Å². The van der Waals surface area contributed by atoms with Gasteiger partial charge in [0.25, 0.3) is 0 Å². The van der Waals surface area contributed by atoms with E-state index >= 15 is 0 Å². The number of aromatic nitrogens is 2. The Hall–Kier alpha value is -3.68. The first-order chi connectivity index (χ1) is 18.8. The van der Waals surface area contributed by atoms with Crippen molar-refractivity contribution in [3.8, 4) is 21.1 Å². The van der Waals surface area contributed by atoms with Crippen molar-refractivity contribution >= 4 is 107 Å². The van der Waals surface area contributed by atoms with Crippen molar-refractivity contribution in [3.63, 3.8) is 0 Å². The van der Waals surface area contributed by atoms with Gasteiger partial charge in [-0.05, 0) is 56.6 Å². The summed E-state index contributed by atoms with van der Waals surface area (Å²) in [6.07, 6.45) is 3.86. The van der Waals surface area contributed by atoms with Crippen molar-refractivity contribution in [2.24, 2.45) is 0 Å². The van der Waals surface area contributed by atoms with Crippen LogP contribution in [-0.2, 0) is 0 Å². The summed E-state index contributed by atoms with van der Waals surface area (Å²) in [5.74, 6) is 0. The monoisotopic (exact) mass is 556 g/mol. The van der Waals surface area contributed by atoms with Crippen LogP contribution in [0.1, 0.15) is 0 Å². The highest BCUT2D eigenvalue weighted by molar-refractivity contribution is 7.24. The molecule has 0 aliphatic rings. The molecular formula is C32H16N2S4. The molecule has 0 saturated heterocycles. The zero-order valence-corrected chi connectivity index (χ0v) is 23.0. The summed E-state index contributed by atoms with van der Waals surface area (Å²) in [4.78, 5) is 12.0. The van der Waals surface area contributed by atoms with Crippen LogP contribution in [0.15, 0.2) is 96.0 Å². The number of hydrogen-bond donors (Lipinski definition) is 0. The molecule has 9 rings (SSSR count). The van der Waals surface area contributed by atoms with E-state index in [9.17, 15) is 0 Å². The first kappa shape index (κ1) is 21.3. The Labute approximate surface area is 233 Å². The first-order valence-corrected chi connectivity index (χ1v) is 15.7. The van der Waals surface area contributed by atoms with Crippen molar-refractivity contribution in [1.29, 1.82) is 0 Å². The van der Waals surface area contributed by atoms with Crippen LogP contribution in [0.25, 0.3) is 83.0 Å². The van der Waals surface area contributed by atoms with Gasteiger partial charge >= 0.3 is 0 Å². The summed E-state index contributed by atoms with van der Waals surface area (Å²) in [6, 6.07) is 26.9. The van der Waals surface area contributed by atoms with Crippen LogP contribution < -0.4 is 0 Å². The minimum Gasteiger partial charge on any atom is -0.251 e. The summed E-state index contributed by atoms with van der Waals surface area (Å²) in [5, 5.41) is 14.8. The van der Waals surface area contributed by atoms with E-state index in [4.69, 9.17) is 9.97 Å². The molecule has 0 bridgehead atoms. The predicted octanol–water partition coefficient (Wildman–Crippen LogP) is 11.0. The molecule has 0 amide bonds. The second-order valence-corrected chi connectivity index (χ2v) is 13.4. The topological polar surface area (TPSA) is 25.8 Å². The van der Waals surface area contributed by atoms with Gasteiger partial charge in [0.05, 0.1) is 33.5 Å². The molecule has 4 aromatic carbocycles. The zero-order valence-electron chi connectivity index (χ0n) is 19.8. The van der Waals surface area contributed by atoms with Crippen LogP contribution in [0, 0.1) is 0 Å². The van der Waals surface area contributed by atoms with Crippen molar-refractivity contribution in [3.05, 3.63) is 96.0 Å². The zero-order chi connectivity index (χ0) is 24.8. The van der Waals surface area contributed by atoms with Gasteiger partial charge in [0.2, 0.25) is 0 Å². The van der Waals surface area contributed by atoms with Gasteiger partial charge in [0, 0.05) is 40.3 Å². The minimum absolute atomic E-state index is 0.923. The summed E-state index contributed by atoms with van der Waals surface area (Å²) in [7, 11) is 0. The van der Waals surface area contributed by atoms with E-state index in [1.54, 1.807) is 22.7 Å². The van der Waals surface area contributed by atoms with Crippen molar-refractivity contribution in [2.75, 3.05) is 0 Å². The number of fused-ring (bicyclic) bond motifs is 10. The highest BCUT2D eigenvalue weighted by Gasteiger charge is 2.14. The highest BCUT2D eigenvalue weighted by atomic mass is 32.1. The molecule has 5 heterocycles. The molecule has 0 radical (unpaired) electrons. The molecule has 9 aromatic rings. The molecule has 6 heteroatoms. The lowest BCUT2D eigenvalue weighted by atomic mass is 10.1. The SMILES string of the molecule is c1cc2ccc3c(ccc4cc(-c5cnc(-c6cc7ccc8c(ccc9ccsc98)c7s6)cn5)sc43)c2s1. The molecule has 0 saturated carbocycles. The smallest absolute Gasteiger partial charge is 0.0985 e. The van der Waals surface area contributed by atoms with Gasteiger partial charge in [-0.1, -0.05) is 48.5 Å². The highest BCUT2D eigenvalue weighted by Crippen LogP contribution is 2.42. The number of thiophene rings is 4. The van der Waals surface area contributed by atoms with Crippen LogP contribution in [0.5, 0.6) is 0 Å². The number of benzene rings is 4. The fraction of sp³-hybridized carbons (Fsp3) is 0. The summed E-state index contributed by atoms with van der Waals surface area (Å²) >= 11 is 7.24. The fourth-order valence-corrected chi connectivity index (χ4v) is 9.65. The molecule has 0 N–H and O–H groups in total. The van der Waals surface area contributed by atoms with E-state index in [-0.39, 0.29) is 0 Å². The Morgan fingerprint density at radius 2 is 0.842 bits per heavy atom. The maximum Gasteiger partial charge on any atom is 0.0985 e. The second kappa shape index (κ2) is 7.91. The lowest BCUT2D eigenvalue weighted by molar-refractivity contribution is 1.22. The summed E-state index contributed by atoms with van der Waals surface area (Å²) < 4.78 is 5.35. The molecular weight excluding hydrogens is 541 g/mol. The third-order valence-electron chi connectivity index (χ3n) is 7.35. The Kier molecular flexibility index (Phi) is 4.43. The summed E-state index contributed by atoms with van der Waals surface area (Å²) in [6.45, 7) is 0. The van der Waals surface area contributed by atoms with E-state index in [2.05, 4.69) is 83.6 Å². The van der Waals surface area contributed by atoms with Gasteiger partial charge < -0.3 is 0 Å². The van der Waals surface area contributed by atoms with E-state index in [0.717, 1.165) is 21.1 Å². The Balaban J connectivity index is 1.13. The van der Waals surface area contributed by atoms with Crippen LogP contribution in [0.3, 0.4) is 0 Å². The van der Waals surface area contributed by atoms with Gasteiger partial charge in [-0.15, -0.1) is 45.3 Å². The van der Waals surface area contributed by atoms with E-state index in [1.165, 1.54) is 61.9 Å². The first-order valence-electron chi connectivity index (χ1n) is 12.3. The van der Waals surface area contributed by atoms with Gasteiger partial charge in [-0.25, -0.2) is 0 Å². The molecule has 5 aromatic heterocycles. The largest absolute Gasteiger partial charge is 0.251 e. The number of hydrogen-bond acceptors (Lipinski definition) is 6. The van der Waals surface area contributed by atoms with Crippen LogP contribution in [0.2, 0.25) is 0 Å². The van der Waals surface area contributed by atoms with E-state index in [0.29, 0.717) is 0 Å². The van der Waals surface area contributed by atoms with E-state index < -0.39 is 0 Å². The third kappa shape index (κ3) is 3.03. The van der Waals surface area contributed by atoms with Gasteiger partial charge in [-0.2, -0.15) is 0 Å². The Morgan fingerprint density at radius 3 is 1.29 bits per heavy atom. The summed E-state index contributed by atoms with van der Waals surface area (Å²) in [5.41, 5.74) is 1.85. The molecule has 2 nitrogen and oxygen atoms in total. The Bertz CT molecular complexity index is 2180. The molecule has 0 unspecified atom stereocenters. The van der Waals surface area contributed by atoms with E-state index in [1.807, 2.05) is 35.1 Å². The normalized spacial score (nSPS) is 12.2. The molecule has 178 valence electrons. The lowest BCUT2D eigenvalue weighted by Crippen LogP contribution is -1.85. The third-order valence-corrected chi connectivity index (χ3v) is 11.7. The standard InChI is InChI=1S/C32H16N2S4/c1-5-23-21(29-17(1)9-11-35-29)7-3-19-13-27(37-31(19)23)25-15-34-26(16-33-25)28-14-20-4-8-22-24(32(20)38-28)6-2-18-10-12-36-30(18)22/h1-16H. The van der Waals surface area contributed by atoms with Gasteiger partial charge in [0.1, 0.15) is 0 Å². The number of nitrogens with zero attached hydrogens (tertiary/aromatic N) is 2. The molecule has 0 aliphatic carbocycles. The fourth-order valence-electron chi connectivity index (χ4n) is 5.50. The molecule has 0 atom stereocenters. The van der Waals surface area contributed by atoms with Gasteiger partial charge in [-0.3, -0.25) is 9.97 Å². The quantitative estimate of drug-likeness (QED) is 0.212. The molecule has 0 aliphatic heterocycles. The average molecular weight is 557 g/mol. The lowest BCUT2D eigenvalue weighted by Gasteiger charge is -2.01. The minimum atomic E-state index is 0.923. The Morgan fingerprint density at radius 1 is 0.421 bits per heavy atom. The van der Waals surface area contributed by atoms with Crippen molar-refractivity contribution in [2.45, 2.75) is 0 Å². The van der Waals surface area contributed by atoms with Crippen LogP contribution >= 0.6 is 45.3 Å². The van der Waals surface area contributed by atoms with Crippen LogP contribution in [0.4, 0.5) is 0 Å². The molecule has 38 heavy (non-hydrogen) atoms. The van der Waals surface area contributed by atoms with Crippen molar-refractivity contribution in [1.82, 2.24) is 9.97 Å². The predicted molar refractivity (Wildman–Crippen MR) is 169 cm³/mol. The molecule has 0 fully saturated rings. The van der Waals surface area contributed by atoms with Crippen LogP contribution in [-0.4, -0.2) is 9.97 Å². The molecule has 0 spiro atoms.